The molecule has 9 heteroatoms. The molecule has 0 radical (unpaired) electrons. The summed E-state index contributed by atoms with van der Waals surface area (Å²) in [7, 11) is 0. The van der Waals surface area contributed by atoms with E-state index in [1.807, 2.05) is 20.8 Å². The van der Waals surface area contributed by atoms with Gasteiger partial charge in [0, 0.05) is 30.6 Å². The maximum absolute atomic E-state index is 15.5. The van der Waals surface area contributed by atoms with Gasteiger partial charge in [0.05, 0.1) is 29.3 Å². The monoisotopic (exact) mass is 507 g/mol. The molecule has 1 aliphatic carbocycles. The number of amides is 2. The third-order valence-electron chi connectivity index (χ3n) is 7.61. The van der Waals surface area contributed by atoms with Crippen molar-refractivity contribution in [2.75, 3.05) is 19.7 Å². The average Bonchev–Trinajstić information content (AvgIpc) is 3.55. The van der Waals surface area contributed by atoms with Gasteiger partial charge in [-0.25, -0.2) is 14.4 Å². The summed E-state index contributed by atoms with van der Waals surface area (Å²) < 4.78 is 21.5. The van der Waals surface area contributed by atoms with E-state index in [0.29, 0.717) is 71.3 Å². The minimum Gasteiger partial charge on any atom is -0.492 e. The van der Waals surface area contributed by atoms with Gasteiger partial charge in [0.1, 0.15) is 29.1 Å². The zero-order chi connectivity index (χ0) is 26.5. The van der Waals surface area contributed by atoms with Crippen LogP contribution in [0.5, 0.6) is 5.75 Å². The van der Waals surface area contributed by atoms with Gasteiger partial charge in [-0.05, 0) is 44.2 Å². The first-order chi connectivity index (χ1) is 17.6. The molecule has 1 atom stereocenters. The first kappa shape index (κ1) is 25.2. The summed E-state index contributed by atoms with van der Waals surface area (Å²) in [5.41, 5.74) is 2.75. The highest BCUT2D eigenvalue weighted by Gasteiger charge is 2.42. The van der Waals surface area contributed by atoms with Gasteiger partial charge in [-0.3, -0.25) is 9.59 Å². The van der Waals surface area contributed by atoms with Gasteiger partial charge in [-0.15, -0.1) is 0 Å². The van der Waals surface area contributed by atoms with Crippen LogP contribution in [-0.4, -0.2) is 57.4 Å². The number of likely N-dealkylation sites (tertiary alicyclic amines) is 1. The smallest absolute Gasteiger partial charge is 0.255 e. The van der Waals surface area contributed by atoms with Crippen molar-refractivity contribution in [1.29, 1.82) is 0 Å². The predicted octanol–water partition coefficient (Wildman–Crippen LogP) is 4.55. The number of aryl methyl sites for hydroxylation is 2. The molecule has 2 N–H and O–H groups in total. The molecule has 8 nitrogen and oxygen atoms in total. The molecule has 1 aromatic carbocycles. The van der Waals surface area contributed by atoms with Crippen molar-refractivity contribution in [2.45, 2.75) is 59.9 Å². The summed E-state index contributed by atoms with van der Waals surface area (Å²) >= 11 is 0. The predicted molar refractivity (Wildman–Crippen MR) is 139 cm³/mol. The summed E-state index contributed by atoms with van der Waals surface area (Å²) in [5.74, 6) is 0.327. The second-order valence-electron chi connectivity index (χ2n) is 11.0. The topological polar surface area (TPSA) is 100 Å². The van der Waals surface area contributed by atoms with Crippen LogP contribution >= 0.6 is 0 Å². The molecule has 3 aromatic rings. The minimum absolute atomic E-state index is 0.0744. The third-order valence-corrected chi connectivity index (χ3v) is 7.61. The van der Waals surface area contributed by atoms with Crippen molar-refractivity contribution >= 4 is 22.8 Å². The Morgan fingerprint density at radius 1 is 1.24 bits per heavy atom. The Hall–Kier alpha value is -3.49. The number of nitrogens with zero attached hydrogens (tertiary/aromatic N) is 3. The van der Waals surface area contributed by atoms with Crippen LogP contribution in [-0.2, 0) is 4.79 Å². The molecule has 2 fully saturated rings. The average molecular weight is 508 g/mol. The number of rotatable bonds is 7. The summed E-state index contributed by atoms with van der Waals surface area (Å²) in [6, 6.07) is 3.27. The Morgan fingerprint density at radius 3 is 2.70 bits per heavy atom. The Labute approximate surface area is 216 Å². The number of nitrogens with one attached hydrogen (secondary N) is 2. The highest BCUT2D eigenvalue weighted by Crippen LogP contribution is 2.39. The zero-order valence-corrected chi connectivity index (χ0v) is 22.1. The number of carbonyl (C=O) groups is 2. The molecular weight excluding hydrogens is 473 g/mol. The number of benzene rings is 1. The van der Waals surface area contributed by atoms with Crippen LogP contribution in [0, 0.1) is 31.0 Å². The van der Waals surface area contributed by atoms with Gasteiger partial charge in [0.2, 0.25) is 5.91 Å². The highest BCUT2D eigenvalue weighted by molar-refractivity contribution is 6.09. The number of aromatic nitrogens is 3. The molecule has 196 valence electrons. The molecule has 0 spiro atoms. The van der Waals surface area contributed by atoms with E-state index >= 15 is 4.39 Å². The first-order valence-electron chi connectivity index (χ1n) is 12.9. The summed E-state index contributed by atoms with van der Waals surface area (Å²) in [6.45, 7) is 11.0. The van der Waals surface area contributed by atoms with Crippen LogP contribution in [0.15, 0.2) is 18.5 Å². The summed E-state index contributed by atoms with van der Waals surface area (Å²) in [6.07, 6.45) is 4.03. The molecule has 0 unspecified atom stereocenters. The third kappa shape index (κ3) is 4.67. The molecule has 37 heavy (non-hydrogen) atoms. The fourth-order valence-electron chi connectivity index (χ4n) is 5.10. The molecule has 1 saturated heterocycles. The lowest BCUT2D eigenvalue weighted by Gasteiger charge is -2.26. The van der Waals surface area contributed by atoms with E-state index in [4.69, 9.17) is 4.74 Å². The normalized spacial score (nSPS) is 18.9. The number of ether oxygens (including phenoxy) is 1. The van der Waals surface area contributed by atoms with Gasteiger partial charge in [0.25, 0.3) is 5.91 Å². The lowest BCUT2D eigenvalue weighted by Crippen LogP contribution is -2.44. The molecular formula is C28H34FN5O3. The van der Waals surface area contributed by atoms with Crippen LogP contribution in [0.1, 0.15) is 61.6 Å². The van der Waals surface area contributed by atoms with Crippen molar-refractivity contribution in [2.24, 2.45) is 11.3 Å². The maximum atomic E-state index is 15.5. The molecule has 5 rings (SSSR count). The molecule has 2 amide bonds. The van der Waals surface area contributed by atoms with Crippen molar-refractivity contribution in [1.82, 2.24) is 25.2 Å². The highest BCUT2D eigenvalue weighted by atomic mass is 19.1. The lowest BCUT2D eigenvalue weighted by molar-refractivity contribution is -0.130. The molecule has 0 bridgehead atoms. The standard InChI is InChI=1S/C28H34FN5O3/c1-6-20(35)34-11-19(28(4,5)13-34)33-27(36)21-16(3)32-26-24(21)30-14-31-25(26)22-18(37-12-17-8-9-17)10-7-15(2)23(22)29/h7,10,14,17,19,32H,6,8-9,11-13H2,1-5H3,(H,33,36)/t19-/m1/s1. The summed E-state index contributed by atoms with van der Waals surface area (Å²) in [4.78, 5) is 39.7. The van der Waals surface area contributed by atoms with E-state index in [1.54, 1.807) is 30.9 Å². The van der Waals surface area contributed by atoms with E-state index in [9.17, 15) is 9.59 Å². The van der Waals surface area contributed by atoms with E-state index in [2.05, 4.69) is 20.3 Å². The number of carbonyl (C=O) groups excluding carboxylic acids is 2. The van der Waals surface area contributed by atoms with E-state index in [-0.39, 0.29) is 28.8 Å². The maximum Gasteiger partial charge on any atom is 0.255 e. The quantitative estimate of drug-likeness (QED) is 0.489. The number of hydrogen-bond acceptors (Lipinski definition) is 5. The largest absolute Gasteiger partial charge is 0.492 e. The summed E-state index contributed by atoms with van der Waals surface area (Å²) in [5, 5.41) is 3.13. The Balaban J connectivity index is 1.50. The SMILES string of the molecule is CCC(=O)N1C[C@@H](NC(=O)c2c(C)[nH]c3c(-c4c(OCC5CC5)ccc(C)c4F)ncnc23)C(C)(C)C1. The number of H-pyrrole nitrogens is 1. The second kappa shape index (κ2) is 9.43. The fraction of sp³-hybridized carbons (Fsp3) is 0.500. The fourth-order valence-corrected chi connectivity index (χ4v) is 5.10. The molecule has 2 aromatic heterocycles. The van der Waals surface area contributed by atoms with Gasteiger partial charge >= 0.3 is 0 Å². The van der Waals surface area contributed by atoms with Crippen molar-refractivity contribution in [3.05, 3.63) is 41.1 Å². The van der Waals surface area contributed by atoms with Crippen LogP contribution in [0.3, 0.4) is 0 Å². The second-order valence-corrected chi connectivity index (χ2v) is 11.0. The Morgan fingerprint density at radius 2 is 2.00 bits per heavy atom. The van der Waals surface area contributed by atoms with Crippen LogP contribution in [0.25, 0.3) is 22.3 Å². The van der Waals surface area contributed by atoms with Crippen molar-refractivity contribution < 1.29 is 18.7 Å². The lowest BCUT2D eigenvalue weighted by atomic mass is 9.87. The number of aromatic amines is 1. The van der Waals surface area contributed by atoms with Gasteiger partial charge < -0.3 is 19.9 Å². The Kier molecular flexibility index (Phi) is 6.41. The van der Waals surface area contributed by atoms with Crippen LogP contribution < -0.4 is 10.1 Å². The van der Waals surface area contributed by atoms with Gasteiger partial charge in [-0.2, -0.15) is 0 Å². The van der Waals surface area contributed by atoms with Gasteiger partial charge in [0.15, 0.2) is 0 Å². The minimum atomic E-state index is -0.403. The van der Waals surface area contributed by atoms with Crippen LogP contribution in [0.2, 0.25) is 0 Å². The molecule has 3 heterocycles. The molecule has 2 aliphatic rings. The van der Waals surface area contributed by atoms with E-state index in [0.717, 1.165) is 12.8 Å². The Bertz CT molecular complexity index is 1380. The molecule has 1 saturated carbocycles. The first-order valence-corrected chi connectivity index (χ1v) is 12.9. The van der Waals surface area contributed by atoms with Crippen molar-refractivity contribution in [3.8, 4) is 17.0 Å². The van der Waals surface area contributed by atoms with Gasteiger partial charge in [-0.1, -0.05) is 26.8 Å². The van der Waals surface area contributed by atoms with Crippen molar-refractivity contribution in [3.63, 3.8) is 0 Å². The number of hydrogen-bond donors (Lipinski definition) is 2. The number of fused-ring (bicyclic) bond motifs is 1. The van der Waals surface area contributed by atoms with Crippen LogP contribution in [0.4, 0.5) is 4.39 Å². The molecule has 1 aliphatic heterocycles. The zero-order valence-electron chi connectivity index (χ0n) is 22.1. The number of halogens is 1. The van der Waals surface area contributed by atoms with E-state index in [1.165, 1.54) is 6.33 Å². The van der Waals surface area contributed by atoms with E-state index < -0.39 is 5.82 Å².